The van der Waals surface area contributed by atoms with Gasteiger partial charge in [0.25, 0.3) is 0 Å². The molecule has 0 radical (unpaired) electrons. The van der Waals surface area contributed by atoms with Crippen LogP contribution in [0.15, 0.2) is 24.3 Å². The minimum atomic E-state index is -1.01. The highest BCUT2D eigenvalue weighted by atomic mass is 16.4. The van der Waals surface area contributed by atoms with Crippen LogP contribution in [0.3, 0.4) is 0 Å². The highest BCUT2D eigenvalue weighted by Gasteiger charge is 2.33. The van der Waals surface area contributed by atoms with Crippen LogP contribution in [0.2, 0.25) is 0 Å². The Morgan fingerprint density at radius 3 is 2.31 bits per heavy atom. The summed E-state index contributed by atoms with van der Waals surface area (Å²) in [6.07, 6.45) is 5.25. The summed E-state index contributed by atoms with van der Waals surface area (Å²) in [6, 6.07) is 6.26. The molecule has 0 amide bonds. The highest BCUT2D eigenvalue weighted by Crippen LogP contribution is 2.26. The van der Waals surface area contributed by atoms with Crippen molar-refractivity contribution >= 4 is 5.97 Å². The normalized spacial score (nSPS) is 12.9. The zero-order chi connectivity index (χ0) is 12.3. The van der Waals surface area contributed by atoms with Crippen LogP contribution in [0.1, 0.15) is 25.0 Å². The standard InChI is InChI=1S/C13H15NO2/c1-4-9-5-7-10(8-6-9)13(2,3)11(14)12(15)16/h1,5-8,11H,14H2,2-3H3,(H,15,16). The van der Waals surface area contributed by atoms with Gasteiger partial charge in [0.15, 0.2) is 0 Å². The van der Waals surface area contributed by atoms with E-state index in [2.05, 4.69) is 5.92 Å². The van der Waals surface area contributed by atoms with E-state index in [4.69, 9.17) is 17.3 Å². The Bertz CT molecular complexity index is 426. The van der Waals surface area contributed by atoms with E-state index < -0.39 is 17.4 Å². The summed E-state index contributed by atoms with van der Waals surface area (Å²) in [4.78, 5) is 10.9. The number of carboxylic acids is 1. The fourth-order valence-electron chi connectivity index (χ4n) is 1.48. The Morgan fingerprint density at radius 2 is 1.94 bits per heavy atom. The summed E-state index contributed by atoms with van der Waals surface area (Å²) in [6.45, 7) is 3.60. The van der Waals surface area contributed by atoms with Crippen molar-refractivity contribution in [3.63, 3.8) is 0 Å². The van der Waals surface area contributed by atoms with E-state index in [0.29, 0.717) is 0 Å². The zero-order valence-corrected chi connectivity index (χ0v) is 9.40. The maximum absolute atomic E-state index is 10.9. The first-order valence-electron chi connectivity index (χ1n) is 4.95. The lowest BCUT2D eigenvalue weighted by atomic mass is 9.78. The van der Waals surface area contributed by atoms with Gasteiger partial charge >= 0.3 is 5.97 Å². The van der Waals surface area contributed by atoms with Gasteiger partial charge in [0.05, 0.1) is 0 Å². The molecule has 0 saturated heterocycles. The first kappa shape index (κ1) is 12.3. The van der Waals surface area contributed by atoms with Gasteiger partial charge in [-0.2, -0.15) is 0 Å². The fourth-order valence-corrected chi connectivity index (χ4v) is 1.48. The quantitative estimate of drug-likeness (QED) is 0.751. The summed E-state index contributed by atoms with van der Waals surface area (Å²) in [5.74, 6) is 1.50. The van der Waals surface area contributed by atoms with E-state index in [1.54, 1.807) is 26.0 Å². The lowest BCUT2D eigenvalue weighted by molar-refractivity contribution is -0.140. The topological polar surface area (TPSA) is 63.3 Å². The van der Waals surface area contributed by atoms with E-state index in [1.807, 2.05) is 12.1 Å². The Balaban J connectivity index is 3.07. The van der Waals surface area contributed by atoms with Crippen LogP contribution < -0.4 is 5.73 Å². The summed E-state index contributed by atoms with van der Waals surface area (Å²) in [5, 5.41) is 8.92. The van der Waals surface area contributed by atoms with Crippen molar-refractivity contribution in [1.29, 1.82) is 0 Å². The van der Waals surface area contributed by atoms with Gasteiger partial charge < -0.3 is 10.8 Å². The van der Waals surface area contributed by atoms with Crippen molar-refractivity contribution in [3.05, 3.63) is 35.4 Å². The average molecular weight is 217 g/mol. The van der Waals surface area contributed by atoms with Crippen molar-refractivity contribution in [2.75, 3.05) is 0 Å². The van der Waals surface area contributed by atoms with E-state index in [1.165, 1.54) is 0 Å². The van der Waals surface area contributed by atoms with Crippen molar-refractivity contribution in [1.82, 2.24) is 0 Å². The van der Waals surface area contributed by atoms with Gasteiger partial charge in [-0.1, -0.05) is 31.9 Å². The Kier molecular flexibility index (Phi) is 3.36. The molecule has 84 valence electrons. The third kappa shape index (κ3) is 2.23. The van der Waals surface area contributed by atoms with Crippen molar-refractivity contribution in [2.45, 2.75) is 25.3 Å². The number of hydrogen-bond donors (Lipinski definition) is 2. The van der Waals surface area contributed by atoms with Gasteiger partial charge in [-0.25, -0.2) is 0 Å². The number of benzene rings is 1. The van der Waals surface area contributed by atoms with Crippen molar-refractivity contribution in [2.24, 2.45) is 5.73 Å². The maximum atomic E-state index is 10.9. The molecule has 1 aromatic carbocycles. The molecule has 1 atom stereocenters. The van der Waals surface area contributed by atoms with Gasteiger partial charge in [0.1, 0.15) is 6.04 Å². The molecule has 3 nitrogen and oxygen atoms in total. The smallest absolute Gasteiger partial charge is 0.321 e. The molecule has 0 aromatic heterocycles. The van der Waals surface area contributed by atoms with Crippen LogP contribution in [0.5, 0.6) is 0 Å². The number of hydrogen-bond acceptors (Lipinski definition) is 2. The van der Waals surface area contributed by atoms with E-state index in [0.717, 1.165) is 11.1 Å². The van der Waals surface area contributed by atoms with Crippen molar-refractivity contribution in [3.8, 4) is 12.3 Å². The SMILES string of the molecule is C#Cc1ccc(C(C)(C)C(N)C(=O)O)cc1. The lowest BCUT2D eigenvalue weighted by Gasteiger charge is -2.29. The van der Waals surface area contributed by atoms with Crippen LogP contribution in [0, 0.1) is 12.3 Å². The summed E-state index contributed by atoms with van der Waals surface area (Å²) in [7, 11) is 0. The van der Waals surface area contributed by atoms with Gasteiger partial charge in [-0.15, -0.1) is 6.42 Å². The fraction of sp³-hybridized carbons (Fsp3) is 0.308. The molecule has 0 aliphatic carbocycles. The molecule has 0 saturated carbocycles. The maximum Gasteiger partial charge on any atom is 0.321 e. The summed E-state index contributed by atoms with van der Waals surface area (Å²) >= 11 is 0. The van der Waals surface area contributed by atoms with Crippen LogP contribution in [0.4, 0.5) is 0 Å². The molecule has 1 aromatic rings. The van der Waals surface area contributed by atoms with Gasteiger partial charge in [0, 0.05) is 11.0 Å². The molecule has 3 N–H and O–H groups in total. The Labute approximate surface area is 95.3 Å². The monoisotopic (exact) mass is 217 g/mol. The number of rotatable bonds is 3. The molecule has 16 heavy (non-hydrogen) atoms. The average Bonchev–Trinajstić information content (AvgIpc) is 2.28. The van der Waals surface area contributed by atoms with Crippen LogP contribution >= 0.6 is 0 Å². The van der Waals surface area contributed by atoms with Gasteiger partial charge in [-0.3, -0.25) is 4.79 Å². The van der Waals surface area contributed by atoms with Crippen LogP contribution in [0.25, 0.3) is 0 Å². The molecule has 0 bridgehead atoms. The van der Waals surface area contributed by atoms with Gasteiger partial charge in [0.2, 0.25) is 0 Å². The molecule has 1 unspecified atom stereocenters. The van der Waals surface area contributed by atoms with Gasteiger partial charge in [-0.05, 0) is 17.7 Å². The molecule has 3 heteroatoms. The Morgan fingerprint density at radius 1 is 1.44 bits per heavy atom. The second-order valence-corrected chi connectivity index (χ2v) is 4.26. The zero-order valence-electron chi connectivity index (χ0n) is 9.40. The van der Waals surface area contributed by atoms with E-state index >= 15 is 0 Å². The van der Waals surface area contributed by atoms with Crippen molar-refractivity contribution < 1.29 is 9.90 Å². The number of carbonyl (C=O) groups is 1. The summed E-state index contributed by atoms with van der Waals surface area (Å²) < 4.78 is 0. The van der Waals surface area contributed by atoms with E-state index in [9.17, 15) is 4.79 Å². The second-order valence-electron chi connectivity index (χ2n) is 4.26. The van der Waals surface area contributed by atoms with Crippen LogP contribution in [-0.4, -0.2) is 17.1 Å². The highest BCUT2D eigenvalue weighted by molar-refractivity contribution is 5.75. The first-order valence-corrected chi connectivity index (χ1v) is 4.95. The minimum absolute atomic E-state index is 0.626. The Hall–Kier alpha value is -1.79. The predicted molar refractivity (Wildman–Crippen MR) is 63.0 cm³/mol. The summed E-state index contributed by atoms with van der Waals surface area (Å²) in [5.41, 5.74) is 6.66. The third-order valence-corrected chi connectivity index (χ3v) is 2.84. The number of aliphatic carboxylic acids is 1. The largest absolute Gasteiger partial charge is 0.480 e. The lowest BCUT2D eigenvalue weighted by Crippen LogP contribution is -2.46. The molecular formula is C13H15NO2. The number of nitrogens with two attached hydrogens (primary N) is 1. The third-order valence-electron chi connectivity index (χ3n) is 2.84. The first-order chi connectivity index (χ1) is 7.39. The molecule has 0 heterocycles. The molecule has 1 rings (SSSR count). The second kappa shape index (κ2) is 4.38. The molecule has 0 spiro atoms. The molecule has 0 aliphatic heterocycles. The number of carboxylic acid groups (broad SMARTS) is 1. The molecule has 0 fully saturated rings. The van der Waals surface area contributed by atoms with Crippen LogP contribution in [-0.2, 0) is 10.2 Å². The predicted octanol–water partition coefficient (Wildman–Crippen LogP) is 1.36. The molecule has 0 aliphatic rings. The molecular weight excluding hydrogens is 202 g/mol. The van der Waals surface area contributed by atoms with E-state index in [-0.39, 0.29) is 0 Å². The minimum Gasteiger partial charge on any atom is -0.480 e. The number of terminal acetylenes is 1.